The maximum Gasteiger partial charge on any atom is 0.259 e. The monoisotopic (exact) mass is 406 g/mol. The lowest BCUT2D eigenvalue weighted by Crippen LogP contribution is -2.20. The van der Waals surface area contributed by atoms with E-state index in [1.54, 1.807) is 23.4 Å². The van der Waals surface area contributed by atoms with Gasteiger partial charge in [0.25, 0.3) is 5.91 Å². The quantitative estimate of drug-likeness (QED) is 0.488. The van der Waals surface area contributed by atoms with Crippen molar-refractivity contribution in [3.05, 3.63) is 77.2 Å². The number of carbonyl (C=O) groups excluding carboxylic acids is 1. The second kappa shape index (κ2) is 8.06. The summed E-state index contributed by atoms with van der Waals surface area (Å²) in [6.07, 6.45) is 5.76. The van der Waals surface area contributed by atoms with Crippen LogP contribution in [0.15, 0.2) is 65.6 Å². The average molecular weight is 407 g/mol. The van der Waals surface area contributed by atoms with Crippen LogP contribution in [0.4, 0.5) is 0 Å². The summed E-state index contributed by atoms with van der Waals surface area (Å²) in [7, 11) is 1.88. The highest BCUT2D eigenvalue weighted by Crippen LogP contribution is 2.46. The SMILES string of the molecule is Cn1nccc1-c1sc(C(N)=O)c(C(CN)Cc2ccccc2)c1-c1ccoc1. The molecule has 0 spiro atoms. The molecule has 0 aliphatic carbocycles. The second-order valence-corrected chi connectivity index (χ2v) is 7.91. The molecule has 0 aliphatic heterocycles. The number of hydrogen-bond donors (Lipinski definition) is 2. The number of benzene rings is 1. The van der Waals surface area contributed by atoms with E-state index in [9.17, 15) is 4.79 Å². The van der Waals surface area contributed by atoms with Crippen molar-refractivity contribution in [1.82, 2.24) is 9.78 Å². The summed E-state index contributed by atoms with van der Waals surface area (Å²) < 4.78 is 7.15. The number of amides is 1. The first-order chi connectivity index (χ1) is 14.1. The second-order valence-electron chi connectivity index (χ2n) is 6.89. The van der Waals surface area contributed by atoms with Gasteiger partial charge in [0, 0.05) is 30.3 Å². The molecule has 3 heterocycles. The van der Waals surface area contributed by atoms with E-state index in [2.05, 4.69) is 17.2 Å². The predicted octanol–water partition coefficient (Wildman–Crippen LogP) is 3.79. The van der Waals surface area contributed by atoms with Gasteiger partial charge in [0.1, 0.15) is 0 Å². The lowest BCUT2D eigenvalue weighted by Gasteiger charge is -2.18. The Kier molecular flexibility index (Phi) is 5.33. The Labute approximate surface area is 172 Å². The van der Waals surface area contributed by atoms with Crippen LogP contribution in [-0.4, -0.2) is 22.2 Å². The molecule has 4 rings (SSSR count). The van der Waals surface area contributed by atoms with Crippen LogP contribution in [0.3, 0.4) is 0 Å². The lowest BCUT2D eigenvalue weighted by atomic mass is 9.86. The van der Waals surface area contributed by atoms with Gasteiger partial charge in [-0.15, -0.1) is 11.3 Å². The van der Waals surface area contributed by atoms with Crippen molar-refractivity contribution < 1.29 is 9.21 Å². The molecule has 1 aromatic carbocycles. The molecule has 1 unspecified atom stereocenters. The summed E-state index contributed by atoms with van der Waals surface area (Å²) in [5.74, 6) is -0.516. The first-order valence-electron chi connectivity index (χ1n) is 9.31. The molecule has 0 saturated heterocycles. The lowest BCUT2D eigenvalue weighted by molar-refractivity contribution is 0.100. The minimum absolute atomic E-state index is 0.0666. The van der Waals surface area contributed by atoms with E-state index in [0.717, 1.165) is 32.8 Å². The maximum atomic E-state index is 12.4. The number of rotatable bonds is 7. The van der Waals surface area contributed by atoms with Crippen molar-refractivity contribution in [3.63, 3.8) is 0 Å². The van der Waals surface area contributed by atoms with Crippen molar-refractivity contribution in [2.24, 2.45) is 18.5 Å². The molecule has 1 amide bonds. The maximum absolute atomic E-state index is 12.4. The van der Waals surface area contributed by atoms with Gasteiger partial charge in [0.15, 0.2) is 0 Å². The molecule has 0 saturated carbocycles. The topological polar surface area (TPSA) is 100 Å². The van der Waals surface area contributed by atoms with Gasteiger partial charge in [-0.3, -0.25) is 9.48 Å². The Morgan fingerprint density at radius 2 is 2.03 bits per heavy atom. The first kappa shape index (κ1) is 19.2. The Hall–Kier alpha value is -3.16. The Morgan fingerprint density at radius 3 is 2.62 bits per heavy atom. The van der Waals surface area contributed by atoms with E-state index in [1.807, 2.05) is 37.4 Å². The molecule has 4 aromatic rings. The van der Waals surface area contributed by atoms with E-state index in [1.165, 1.54) is 11.3 Å². The van der Waals surface area contributed by atoms with Crippen LogP contribution in [-0.2, 0) is 13.5 Å². The van der Waals surface area contributed by atoms with Gasteiger partial charge < -0.3 is 15.9 Å². The number of primary amides is 1. The molecular weight excluding hydrogens is 384 g/mol. The Morgan fingerprint density at radius 1 is 1.24 bits per heavy atom. The van der Waals surface area contributed by atoms with E-state index in [0.29, 0.717) is 17.8 Å². The zero-order valence-electron chi connectivity index (χ0n) is 16.0. The molecule has 29 heavy (non-hydrogen) atoms. The van der Waals surface area contributed by atoms with Crippen LogP contribution in [0.5, 0.6) is 0 Å². The molecule has 0 aliphatic rings. The number of furan rings is 1. The zero-order chi connectivity index (χ0) is 20.4. The van der Waals surface area contributed by atoms with Crippen LogP contribution >= 0.6 is 11.3 Å². The number of carbonyl (C=O) groups is 1. The molecule has 0 fully saturated rings. The van der Waals surface area contributed by atoms with Crippen LogP contribution < -0.4 is 11.5 Å². The number of aromatic nitrogens is 2. The fourth-order valence-corrected chi connectivity index (χ4v) is 5.01. The standard InChI is InChI=1S/C22H22N4O2S/c1-26-17(7-9-25-26)20-18(15-8-10-28-13-15)19(21(29-20)22(24)27)16(12-23)11-14-5-3-2-4-6-14/h2-10,13,16H,11-12,23H2,1H3,(H2,24,27). The number of hydrogen-bond acceptors (Lipinski definition) is 5. The van der Waals surface area contributed by atoms with E-state index < -0.39 is 5.91 Å². The summed E-state index contributed by atoms with van der Waals surface area (Å²) in [6.45, 7) is 0.390. The molecule has 6 nitrogen and oxygen atoms in total. The summed E-state index contributed by atoms with van der Waals surface area (Å²) in [4.78, 5) is 13.9. The Bertz CT molecular complexity index is 1110. The van der Waals surface area contributed by atoms with Gasteiger partial charge in [0.2, 0.25) is 0 Å². The fourth-order valence-electron chi connectivity index (χ4n) is 3.69. The van der Waals surface area contributed by atoms with Gasteiger partial charge in [-0.05, 0) is 36.2 Å². The Balaban J connectivity index is 1.95. The normalized spacial score (nSPS) is 12.2. The number of aryl methyl sites for hydroxylation is 1. The highest BCUT2D eigenvalue weighted by atomic mass is 32.1. The molecule has 0 bridgehead atoms. The zero-order valence-corrected chi connectivity index (χ0v) is 16.9. The summed E-state index contributed by atoms with van der Waals surface area (Å²) in [6, 6.07) is 14.0. The van der Waals surface area contributed by atoms with Gasteiger partial charge >= 0.3 is 0 Å². The summed E-state index contributed by atoms with van der Waals surface area (Å²) in [5.41, 5.74) is 16.8. The molecular formula is C22H22N4O2S. The van der Waals surface area contributed by atoms with Crippen LogP contribution in [0.1, 0.15) is 26.7 Å². The third-order valence-electron chi connectivity index (χ3n) is 5.05. The minimum atomic E-state index is -0.449. The molecule has 0 radical (unpaired) electrons. The minimum Gasteiger partial charge on any atom is -0.472 e. The van der Waals surface area contributed by atoms with Crippen LogP contribution in [0, 0.1) is 0 Å². The van der Waals surface area contributed by atoms with E-state index >= 15 is 0 Å². The summed E-state index contributed by atoms with van der Waals surface area (Å²) >= 11 is 1.39. The van der Waals surface area contributed by atoms with Crippen molar-refractivity contribution in [2.45, 2.75) is 12.3 Å². The summed E-state index contributed by atoms with van der Waals surface area (Å²) in [5, 5.41) is 4.29. The first-order valence-corrected chi connectivity index (χ1v) is 10.1. The highest BCUT2D eigenvalue weighted by molar-refractivity contribution is 7.18. The molecule has 148 valence electrons. The van der Waals surface area contributed by atoms with Gasteiger partial charge in [-0.1, -0.05) is 30.3 Å². The van der Waals surface area contributed by atoms with Gasteiger partial charge in [-0.2, -0.15) is 5.10 Å². The molecule has 7 heteroatoms. The van der Waals surface area contributed by atoms with Crippen molar-refractivity contribution in [2.75, 3.05) is 6.54 Å². The number of nitrogens with two attached hydrogens (primary N) is 2. The fraction of sp³-hybridized carbons (Fsp3) is 0.182. The molecule has 3 aromatic heterocycles. The third kappa shape index (κ3) is 3.62. The average Bonchev–Trinajstić information content (AvgIpc) is 3.45. The smallest absolute Gasteiger partial charge is 0.259 e. The van der Waals surface area contributed by atoms with Crippen molar-refractivity contribution in [3.8, 4) is 21.7 Å². The van der Waals surface area contributed by atoms with Gasteiger partial charge in [0.05, 0.1) is 28.0 Å². The van der Waals surface area contributed by atoms with Gasteiger partial charge in [-0.25, -0.2) is 0 Å². The van der Waals surface area contributed by atoms with E-state index in [4.69, 9.17) is 15.9 Å². The molecule has 1 atom stereocenters. The highest BCUT2D eigenvalue weighted by Gasteiger charge is 2.29. The van der Waals surface area contributed by atoms with Crippen molar-refractivity contribution in [1.29, 1.82) is 0 Å². The van der Waals surface area contributed by atoms with Crippen LogP contribution in [0.25, 0.3) is 21.7 Å². The molecule has 4 N–H and O–H groups in total. The van der Waals surface area contributed by atoms with Crippen LogP contribution in [0.2, 0.25) is 0 Å². The predicted molar refractivity (Wildman–Crippen MR) is 115 cm³/mol. The largest absolute Gasteiger partial charge is 0.472 e. The van der Waals surface area contributed by atoms with E-state index in [-0.39, 0.29) is 5.92 Å². The number of thiophene rings is 1. The van der Waals surface area contributed by atoms with Crippen molar-refractivity contribution >= 4 is 17.2 Å². The third-order valence-corrected chi connectivity index (χ3v) is 6.29. The number of nitrogens with zero attached hydrogens (tertiary/aromatic N) is 2.